The van der Waals surface area contributed by atoms with Gasteiger partial charge in [-0.25, -0.2) is 4.39 Å². The molecule has 2 aromatic rings. The molecule has 0 bridgehead atoms. The summed E-state index contributed by atoms with van der Waals surface area (Å²) in [5, 5.41) is 8.79. The monoisotopic (exact) mass is 378 g/mol. The smallest absolute Gasteiger partial charge is 0.124 e. The van der Waals surface area contributed by atoms with E-state index < -0.39 is 0 Å². The van der Waals surface area contributed by atoms with Crippen LogP contribution in [0.15, 0.2) is 36.4 Å². The largest absolute Gasteiger partial charge is 0.291 e. The van der Waals surface area contributed by atoms with Crippen molar-refractivity contribution in [2.24, 2.45) is 0 Å². The summed E-state index contributed by atoms with van der Waals surface area (Å²) < 4.78 is 14.4. The van der Waals surface area contributed by atoms with Gasteiger partial charge in [-0.2, -0.15) is 5.26 Å². The van der Waals surface area contributed by atoms with Crippen molar-refractivity contribution in [2.45, 2.75) is 19.6 Å². The second-order valence-electron chi connectivity index (χ2n) is 4.98. The summed E-state index contributed by atoms with van der Waals surface area (Å²) in [4.78, 5) is 2.29. The molecule has 1 heterocycles. The van der Waals surface area contributed by atoms with E-state index >= 15 is 0 Å². The molecule has 0 N–H and O–H groups in total. The Bertz CT molecular complexity index is 689. The van der Waals surface area contributed by atoms with Gasteiger partial charge in [0.05, 0.1) is 11.6 Å². The lowest BCUT2D eigenvalue weighted by molar-refractivity contribution is 0.275. The highest BCUT2D eigenvalue weighted by Crippen LogP contribution is 2.29. The molecule has 2 nitrogen and oxygen atoms in total. The molecule has 0 saturated heterocycles. The Balaban J connectivity index is 1.75. The van der Waals surface area contributed by atoms with Crippen LogP contribution >= 0.6 is 22.6 Å². The number of halogens is 2. The molecule has 0 atom stereocenters. The van der Waals surface area contributed by atoms with Crippen molar-refractivity contribution >= 4 is 22.6 Å². The minimum atomic E-state index is -0.159. The number of fused-ring (bicyclic) bond motifs is 1. The van der Waals surface area contributed by atoms with Gasteiger partial charge in [-0.1, -0.05) is 12.1 Å². The average molecular weight is 378 g/mol. The third-order valence-corrected chi connectivity index (χ3v) is 4.48. The topological polar surface area (TPSA) is 27.0 Å². The fraction of sp³-hybridized carbons (Fsp3) is 0.188. The molecule has 0 amide bonds. The van der Waals surface area contributed by atoms with Crippen LogP contribution in [0.2, 0.25) is 0 Å². The lowest BCUT2D eigenvalue weighted by Gasteiger charge is -2.14. The quantitative estimate of drug-likeness (QED) is 0.744. The fourth-order valence-corrected chi connectivity index (χ4v) is 3.36. The molecule has 3 rings (SSSR count). The van der Waals surface area contributed by atoms with Crippen LogP contribution in [-0.4, -0.2) is 4.90 Å². The van der Waals surface area contributed by atoms with Crippen LogP contribution < -0.4 is 0 Å². The molecule has 1 aliphatic heterocycles. The van der Waals surface area contributed by atoms with Crippen LogP contribution in [0.3, 0.4) is 0 Å². The molecule has 2 aromatic carbocycles. The van der Waals surface area contributed by atoms with Crippen LogP contribution in [0.1, 0.15) is 22.3 Å². The summed E-state index contributed by atoms with van der Waals surface area (Å²) in [5.41, 5.74) is 4.17. The Morgan fingerprint density at radius 2 is 1.95 bits per heavy atom. The van der Waals surface area contributed by atoms with E-state index in [-0.39, 0.29) is 5.82 Å². The number of rotatable bonds is 2. The van der Waals surface area contributed by atoms with E-state index in [2.05, 4.69) is 33.6 Å². The molecular weight excluding hydrogens is 366 g/mol. The first-order valence-electron chi connectivity index (χ1n) is 6.34. The van der Waals surface area contributed by atoms with Gasteiger partial charge in [0.1, 0.15) is 5.82 Å². The molecule has 0 aliphatic carbocycles. The van der Waals surface area contributed by atoms with E-state index in [4.69, 9.17) is 5.26 Å². The molecule has 100 valence electrons. The second kappa shape index (κ2) is 5.51. The van der Waals surface area contributed by atoms with Crippen LogP contribution in [0.25, 0.3) is 0 Å². The summed E-state index contributed by atoms with van der Waals surface area (Å²) in [6.45, 7) is 2.45. The zero-order chi connectivity index (χ0) is 14.1. The minimum absolute atomic E-state index is 0.159. The van der Waals surface area contributed by atoms with Gasteiger partial charge in [0, 0.05) is 23.2 Å². The van der Waals surface area contributed by atoms with E-state index in [9.17, 15) is 4.39 Å². The van der Waals surface area contributed by atoms with E-state index in [0.717, 1.165) is 28.8 Å². The standard InChI is InChI=1S/C16H12FIN2/c17-14-5-13-9-20(10-15(13)16(18)6-14)8-12-3-1-11(7-19)2-4-12/h1-6H,8-10H2. The highest BCUT2D eigenvalue weighted by molar-refractivity contribution is 14.1. The van der Waals surface area contributed by atoms with Gasteiger partial charge >= 0.3 is 0 Å². The molecule has 0 fully saturated rings. The Morgan fingerprint density at radius 1 is 1.20 bits per heavy atom. The zero-order valence-corrected chi connectivity index (χ0v) is 12.9. The van der Waals surface area contributed by atoms with Gasteiger partial charge in [-0.15, -0.1) is 0 Å². The van der Waals surface area contributed by atoms with Crippen LogP contribution in [-0.2, 0) is 19.6 Å². The third-order valence-electron chi connectivity index (χ3n) is 3.52. The summed E-state index contributed by atoms with van der Waals surface area (Å²) >= 11 is 2.20. The van der Waals surface area contributed by atoms with Gasteiger partial charge in [0.15, 0.2) is 0 Å². The van der Waals surface area contributed by atoms with Gasteiger partial charge in [-0.3, -0.25) is 4.90 Å². The molecular formula is C16H12FIN2. The molecule has 0 unspecified atom stereocenters. The number of benzene rings is 2. The molecule has 0 aromatic heterocycles. The van der Waals surface area contributed by atoms with Crippen molar-refractivity contribution in [1.29, 1.82) is 5.26 Å². The Morgan fingerprint density at radius 3 is 2.65 bits per heavy atom. The maximum atomic E-state index is 13.4. The Labute approximate surface area is 131 Å². The SMILES string of the molecule is N#Cc1ccc(CN2Cc3cc(F)cc(I)c3C2)cc1. The van der Waals surface area contributed by atoms with Crippen molar-refractivity contribution in [3.63, 3.8) is 0 Å². The van der Waals surface area contributed by atoms with Gasteiger partial charge in [0.25, 0.3) is 0 Å². The Kier molecular flexibility index (Phi) is 3.72. The minimum Gasteiger partial charge on any atom is -0.291 e. The number of hydrogen-bond acceptors (Lipinski definition) is 2. The number of nitrogens with zero attached hydrogens (tertiary/aromatic N) is 2. The molecule has 0 saturated carbocycles. The van der Waals surface area contributed by atoms with Gasteiger partial charge < -0.3 is 0 Å². The first-order chi connectivity index (χ1) is 9.65. The van der Waals surface area contributed by atoms with Crippen molar-refractivity contribution in [3.8, 4) is 6.07 Å². The van der Waals surface area contributed by atoms with E-state index in [0.29, 0.717) is 5.56 Å². The highest BCUT2D eigenvalue weighted by Gasteiger charge is 2.22. The average Bonchev–Trinajstić information content (AvgIpc) is 2.82. The summed E-state index contributed by atoms with van der Waals surface area (Å²) in [6.07, 6.45) is 0. The number of hydrogen-bond donors (Lipinski definition) is 0. The molecule has 4 heteroatoms. The van der Waals surface area contributed by atoms with Crippen molar-refractivity contribution < 1.29 is 4.39 Å². The zero-order valence-electron chi connectivity index (χ0n) is 10.7. The summed E-state index contributed by atoms with van der Waals surface area (Å²) in [5.74, 6) is -0.159. The maximum Gasteiger partial charge on any atom is 0.124 e. The molecule has 0 spiro atoms. The lowest BCUT2D eigenvalue weighted by atomic mass is 10.1. The van der Waals surface area contributed by atoms with Gasteiger partial charge in [-0.05, 0) is 63.5 Å². The highest BCUT2D eigenvalue weighted by atomic mass is 127. The third kappa shape index (κ3) is 2.69. The molecule has 20 heavy (non-hydrogen) atoms. The summed E-state index contributed by atoms with van der Waals surface area (Å²) in [6, 6.07) is 13.0. The van der Waals surface area contributed by atoms with E-state index in [1.54, 1.807) is 12.1 Å². The first kappa shape index (κ1) is 13.5. The predicted octanol–water partition coefficient (Wildman–Crippen LogP) is 3.82. The predicted molar refractivity (Wildman–Crippen MR) is 83.2 cm³/mol. The number of nitriles is 1. The van der Waals surface area contributed by atoms with Gasteiger partial charge in [0.2, 0.25) is 0 Å². The lowest BCUT2D eigenvalue weighted by Crippen LogP contribution is -2.15. The first-order valence-corrected chi connectivity index (χ1v) is 7.42. The fourth-order valence-electron chi connectivity index (χ4n) is 2.55. The normalized spacial score (nSPS) is 14.1. The van der Waals surface area contributed by atoms with Crippen LogP contribution in [0.4, 0.5) is 4.39 Å². The maximum absolute atomic E-state index is 13.4. The Hall–Kier alpha value is -1.45. The van der Waals surface area contributed by atoms with Crippen molar-refractivity contribution in [3.05, 3.63) is 68.0 Å². The van der Waals surface area contributed by atoms with Crippen LogP contribution in [0.5, 0.6) is 0 Å². The van der Waals surface area contributed by atoms with E-state index in [1.807, 2.05) is 24.3 Å². The van der Waals surface area contributed by atoms with Crippen LogP contribution in [0, 0.1) is 20.7 Å². The van der Waals surface area contributed by atoms with Crippen molar-refractivity contribution in [1.82, 2.24) is 4.90 Å². The van der Waals surface area contributed by atoms with E-state index in [1.165, 1.54) is 11.1 Å². The molecule has 1 aliphatic rings. The molecule has 0 radical (unpaired) electrons. The van der Waals surface area contributed by atoms with Crippen molar-refractivity contribution in [2.75, 3.05) is 0 Å². The second-order valence-corrected chi connectivity index (χ2v) is 6.14. The summed E-state index contributed by atoms with van der Waals surface area (Å²) in [7, 11) is 0.